The summed E-state index contributed by atoms with van der Waals surface area (Å²) in [7, 11) is -3.31. The Labute approximate surface area is 161 Å². The minimum atomic E-state index is -3.31. The van der Waals surface area contributed by atoms with Gasteiger partial charge in [0.2, 0.25) is 15.9 Å². The third-order valence-electron chi connectivity index (χ3n) is 5.48. The van der Waals surface area contributed by atoms with Crippen molar-refractivity contribution in [2.24, 2.45) is 23.5 Å². The van der Waals surface area contributed by atoms with Gasteiger partial charge in [-0.3, -0.25) is 9.52 Å². The Morgan fingerprint density at radius 1 is 1.15 bits per heavy atom. The first kappa shape index (κ1) is 21.0. The fraction of sp³-hybridized carbons (Fsp3) is 0.611. The van der Waals surface area contributed by atoms with Crippen molar-refractivity contribution in [3.63, 3.8) is 0 Å². The number of nitrogens with one attached hydrogen (secondary N) is 2. The van der Waals surface area contributed by atoms with Gasteiger partial charge in [-0.1, -0.05) is 13.3 Å². The van der Waals surface area contributed by atoms with Gasteiger partial charge in [-0.15, -0.1) is 12.4 Å². The predicted octanol–water partition coefficient (Wildman–Crippen LogP) is 2.96. The molecule has 2 fully saturated rings. The van der Waals surface area contributed by atoms with Crippen molar-refractivity contribution in [3.8, 4) is 0 Å². The van der Waals surface area contributed by atoms with Crippen molar-refractivity contribution < 1.29 is 13.2 Å². The SMILES string of the molecule is CCCCS(=O)(=O)Nc1ccc(NC(=O)C2C3CCC(C3)C2N)cc1.Cl. The molecule has 4 unspecified atom stereocenters. The molecule has 2 bridgehead atoms. The second kappa shape index (κ2) is 8.59. The number of unbranched alkanes of at least 4 members (excludes halogenated alkanes) is 1. The Morgan fingerprint density at radius 2 is 1.77 bits per heavy atom. The average molecular weight is 402 g/mol. The summed E-state index contributed by atoms with van der Waals surface area (Å²) in [6, 6.07) is 6.73. The Morgan fingerprint density at radius 3 is 2.35 bits per heavy atom. The van der Waals surface area contributed by atoms with Gasteiger partial charge < -0.3 is 11.1 Å². The zero-order valence-electron chi connectivity index (χ0n) is 15.0. The summed E-state index contributed by atoms with van der Waals surface area (Å²) >= 11 is 0. The second-order valence-corrected chi connectivity index (χ2v) is 9.12. The lowest BCUT2D eigenvalue weighted by atomic mass is 9.84. The van der Waals surface area contributed by atoms with E-state index in [1.54, 1.807) is 24.3 Å². The lowest BCUT2D eigenvalue weighted by Gasteiger charge is -2.27. The average Bonchev–Trinajstić information content (AvgIpc) is 3.15. The summed E-state index contributed by atoms with van der Waals surface area (Å²) in [5.41, 5.74) is 7.38. The topological polar surface area (TPSA) is 101 Å². The van der Waals surface area contributed by atoms with Crippen LogP contribution in [-0.2, 0) is 14.8 Å². The van der Waals surface area contributed by atoms with Crippen LogP contribution in [0.25, 0.3) is 0 Å². The smallest absolute Gasteiger partial charge is 0.232 e. The summed E-state index contributed by atoms with van der Waals surface area (Å²) in [6.07, 6.45) is 4.76. The maximum atomic E-state index is 12.5. The molecule has 6 nitrogen and oxygen atoms in total. The summed E-state index contributed by atoms with van der Waals surface area (Å²) in [6.45, 7) is 1.95. The van der Waals surface area contributed by atoms with Crippen LogP contribution in [0.5, 0.6) is 0 Å². The number of nitrogens with two attached hydrogens (primary N) is 1. The van der Waals surface area contributed by atoms with Gasteiger partial charge >= 0.3 is 0 Å². The van der Waals surface area contributed by atoms with Gasteiger partial charge in [0.15, 0.2) is 0 Å². The highest BCUT2D eigenvalue weighted by Crippen LogP contribution is 2.47. The van der Waals surface area contributed by atoms with Gasteiger partial charge in [0.05, 0.1) is 11.7 Å². The molecule has 0 radical (unpaired) electrons. The van der Waals surface area contributed by atoms with E-state index >= 15 is 0 Å². The van der Waals surface area contributed by atoms with E-state index in [2.05, 4.69) is 10.0 Å². The molecule has 4 atom stereocenters. The lowest BCUT2D eigenvalue weighted by molar-refractivity contribution is -0.121. The summed E-state index contributed by atoms with van der Waals surface area (Å²) < 4.78 is 26.4. The number of rotatable bonds is 7. The molecule has 1 aromatic rings. The highest BCUT2D eigenvalue weighted by Gasteiger charge is 2.49. The molecule has 2 saturated carbocycles. The monoisotopic (exact) mass is 401 g/mol. The molecule has 0 spiro atoms. The van der Waals surface area contributed by atoms with Crippen LogP contribution in [-0.4, -0.2) is 26.1 Å². The Kier molecular flexibility index (Phi) is 6.93. The molecule has 0 saturated heterocycles. The molecule has 26 heavy (non-hydrogen) atoms. The number of carbonyl (C=O) groups excluding carboxylic acids is 1. The largest absolute Gasteiger partial charge is 0.327 e. The van der Waals surface area contributed by atoms with E-state index in [0.717, 1.165) is 25.7 Å². The van der Waals surface area contributed by atoms with Crippen LogP contribution in [0, 0.1) is 17.8 Å². The number of benzene rings is 1. The molecular formula is C18H28ClN3O3S. The first-order valence-corrected chi connectivity index (χ1v) is 10.7. The van der Waals surface area contributed by atoms with Crippen molar-refractivity contribution in [2.45, 2.75) is 45.1 Å². The number of hydrogen-bond donors (Lipinski definition) is 3. The highest BCUT2D eigenvalue weighted by molar-refractivity contribution is 7.92. The van der Waals surface area contributed by atoms with E-state index in [9.17, 15) is 13.2 Å². The number of halogens is 1. The van der Waals surface area contributed by atoms with Crippen LogP contribution in [0.1, 0.15) is 39.0 Å². The highest BCUT2D eigenvalue weighted by atomic mass is 35.5. The van der Waals surface area contributed by atoms with E-state index in [-0.39, 0.29) is 36.0 Å². The van der Waals surface area contributed by atoms with Crippen molar-refractivity contribution >= 4 is 39.7 Å². The molecule has 3 rings (SSSR count). The maximum Gasteiger partial charge on any atom is 0.232 e. The normalized spacial score (nSPS) is 27.0. The van der Waals surface area contributed by atoms with Crippen molar-refractivity contribution in [1.82, 2.24) is 0 Å². The molecule has 0 aromatic heterocycles. The molecule has 2 aliphatic carbocycles. The van der Waals surface area contributed by atoms with E-state index in [4.69, 9.17) is 5.73 Å². The van der Waals surface area contributed by atoms with Crippen LogP contribution in [0.3, 0.4) is 0 Å². The number of amides is 1. The maximum absolute atomic E-state index is 12.5. The molecule has 146 valence electrons. The van der Waals surface area contributed by atoms with E-state index in [1.165, 1.54) is 0 Å². The molecule has 1 aromatic carbocycles. The Hall–Kier alpha value is -1.31. The molecule has 1 amide bonds. The van der Waals surface area contributed by atoms with E-state index in [0.29, 0.717) is 29.6 Å². The zero-order chi connectivity index (χ0) is 18.0. The lowest BCUT2D eigenvalue weighted by Crippen LogP contribution is -2.42. The number of carbonyl (C=O) groups is 1. The van der Waals surface area contributed by atoms with Crippen LogP contribution in [0.15, 0.2) is 24.3 Å². The van der Waals surface area contributed by atoms with E-state index in [1.807, 2.05) is 6.92 Å². The Bertz CT molecular complexity index is 722. The minimum Gasteiger partial charge on any atom is -0.327 e. The van der Waals surface area contributed by atoms with Crippen LogP contribution < -0.4 is 15.8 Å². The van der Waals surface area contributed by atoms with Gasteiger partial charge in [-0.25, -0.2) is 8.42 Å². The van der Waals surface area contributed by atoms with E-state index < -0.39 is 10.0 Å². The molecule has 2 aliphatic rings. The summed E-state index contributed by atoms with van der Waals surface area (Å²) in [5, 5.41) is 2.93. The molecule has 4 N–H and O–H groups in total. The fourth-order valence-corrected chi connectivity index (χ4v) is 5.40. The van der Waals surface area contributed by atoms with Gasteiger partial charge in [0.25, 0.3) is 0 Å². The Balaban J connectivity index is 0.00000243. The van der Waals surface area contributed by atoms with Crippen molar-refractivity contribution in [2.75, 3.05) is 15.8 Å². The van der Waals surface area contributed by atoms with Gasteiger partial charge in [-0.2, -0.15) is 0 Å². The number of sulfonamides is 1. The zero-order valence-corrected chi connectivity index (χ0v) is 16.6. The van der Waals surface area contributed by atoms with Crippen LogP contribution in [0.4, 0.5) is 11.4 Å². The first-order valence-electron chi connectivity index (χ1n) is 9.06. The van der Waals surface area contributed by atoms with Crippen molar-refractivity contribution in [3.05, 3.63) is 24.3 Å². The van der Waals surface area contributed by atoms with Gasteiger partial charge in [0.1, 0.15) is 0 Å². The van der Waals surface area contributed by atoms with Gasteiger partial charge in [0, 0.05) is 17.4 Å². The molecular weight excluding hydrogens is 374 g/mol. The number of anilines is 2. The molecule has 8 heteroatoms. The number of fused-ring (bicyclic) bond motifs is 2. The minimum absolute atomic E-state index is 0. The third-order valence-corrected chi connectivity index (χ3v) is 6.85. The summed E-state index contributed by atoms with van der Waals surface area (Å²) in [5.74, 6) is 0.886. The fourth-order valence-electron chi connectivity index (χ4n) is 4.14. The summed E-state index contributed by atoms with van der Waals surface area (Å²) in [4.78, 5) is 12.5. The van der Waals surface area contributed by atoms with Gasteiger partial charge in [-0.05, 0) is 61.8 Å². The molecule has 0 heterocycles. The third kappa shape index (κ3) is 4.69. The van der Waals surface area contributed by atoms with Crippen LogP contribution >= 0.6 is 12.4 Å². The molecule has 0 aliphatic heterocycles. The van der Waals surface area contributed by atoms with Crippen LogP contribution in [0.2, 0.25) is 0 Å². The predicted molar refractivity (Wildman–Crippen MR) is 107 cm³/mol. The number of hydrogen-bond acceptors (Lipinski definition) is 4. The standard InChI is InChI=1S/C18H27N3O3S.ClH/c1-2-3-10-25(23,24)21-15-8-6-14(7-9-15)20-18(22)16-12-4-5-13(11-12)17(16)19;/h6-9,12-13,16-17,21H,2-5,10-11,19H2,1H3,(H,20,22);1H. The van der Waals surface area contributed by atoms with Crippen molar-refractivity contribution in [1.29, 1.82) is 0 Å². The first-order chi connectivity index (χ1) is 11.9. The second-order valence-electron chi connectivity index (χ2n) is 7.28. The quantitative estimate of drug-likeness (QED) is 0.653.